The third kappa shape index (κ3) is 5.50. The molecule has 1 atom stereocenters. The van der Waals surface area contributed by atoms with Crippen molar-refractivity contribution in [3.8, 4) is 22.1 Å². The number of rotatable bonds is 5. The molecule has 3 heterocycles. The Morgan fingerprint density at radius 1 is 1.25 bits per heavy atom. The molecule has 6 nitrogen and oxygen atoms in total. The molecular formula is C19H25Cl2N3O3S. The van der Waals surface area contributed by atoms with Crippen LogP contribution in [-0.2, 0) is 0 Å². The lowest BCUT2D eigenvalue weighted by atomic mass is 9.96. The van der Waals surface area contributed by atoms with Crippen LogP contribution in [-0.4, -0.2) is 43.7 Å². The van der Waals surface area contributed by atoms with Crippen LogP contribution < -0.4 is 20.1 Å². The van der Waals surface area contributed by atoms with Crippen LogP contribution in [0.5, 0.6) is 11.5 Å². The smallest absolute Gasteiger partial charge is 0.270 e. The van der Waals surface area contributed by atoms with Crippen molar-refractivity contribution < 1.29 is 14.3 Å². The summed E-state index contributed by atoms with van der Waals surface area (Å²) in [7, 11) is 0. The maximum atomic E-state index is 12.3. The van der Waals surface area contributed by atoms with E-state index in [1.165, 1.54) is 24.2 Å². The number of aromatic nitrogens is 1. The number of benzene rings is 1. The van der Waals surface area contributed by atoms with E-state index in [4.69, 9.17) is 9.47 Å². The van der Waals surface area contributed by atoms with Gasteiger partial charge < -0.3 is 20.1 Å². The van der Waals surface area contributed by atoms with E-state index in [1.807, 2.05) is 23.6 Å². The van der Waals surface area contributed by atoms with Crippen molar-refractivity contribution in [2.24, 2.45) is 5.92 Å². The van der Waals surface area contributed by atoms with E-state index in [0.717, 1.165) is 41.6 Å². The van der Waals surface area contributed by atoms with Crippen molar-refractivity contribution in [1.82, 2.24) is 15.6 Å². The fourth-order valence-electron chi connectivity index (χ4n) is 3.34. The Bertz CT molecular complexity index is 782. The van der Waals surface area contributed by atoms with Crippen molar-refractivity contribution >= 4 is 42.1 Å². The highest BCUT2D eigenvalue weighted by molar-refractivity contribution is 7.13. The average molecular weight is 446 g/mol. The third-order valence-corrected chi connectivity index (χ3v) is 5.65. The van der Waals surface area contributed by atoms with Gasteiger partial charge in [-0.1, -0.05) is 0 Å². The zero-order chi connectivity index (χ0) is 17.8. The van der Waals surface area contributed by atoms with Crippen LogP contribution in [0.25, 0.3) is 10.6 Å². The molecule has 2 N–H and O–H groups in total. The molecule has 2 aliphatic rings. The zero-order valence-electron chi connectivity index (χ0n) is 15.4. The lowest BCUT2D eigenvalue weighted by Crippen LogP contribution is -2.33. The predicted molar refractivity (Wildman–Crippen MR) is 116 cm³/mol. The molecule has 1 amide bonds. The normalized spacial score (nSPS) is 17.8. The topological polar surface area (TPSA) is 72.5 Å². The molecule has 1 fully saturated rings. The van der Waals surface area contributed by atoms with Crippen molar-refractivity contribution in [3.63, 3.8) is 0 Å². The van der Waals surface area contributed by atoms with Gasteiger partial charge in [0.1, 0.15) is 23.9 Å². The minimum Gasteiger partial charge on any atom is -0.486 e. The van der Waals surface area contributed by atoms with Crippen LogP contribution in [0.1, 0.15) is 29.8 Å². The number of ether oxygens (including phenoxy) is 2. The van der Waals surface area contributed by atoms with Crippen molar-refractivity contribution in [2.45, 2.75) is 19.3 Å². The van der Waals surface area contributed by atoms with Gasteiger partial charge in [0.2, 0.25) is 0 Å². The summed E-state index contributed by atoms with van der Waals surface area (Å²) in [6, 6.07) is 5.76. The Morgan fingerprint density at radius 3 is 2.86 bits per heavy atom. The zero-order valence-corrected chi connectivity index (χ0v) is 17.9. The van der Waals surface area contributed by atoms with E-state index in [-0.39, 0.29) is 30.7 Å². The fourth-order valence-corrected chi connectivity index (χ4v) is 4.13. The average Bonchev–Trinajstić information content (AvgIpc) is 3.19. The summed E-state index contributed by atoms with van der Waals surface area (Å²) in [5.41, 5.74) is 1.41. The van der Waals surface area contributed by atoms with Gasteiger partial charge >= 0.3 is 0 Å². The van der Waals surface area contributed by atoms with Crippen molar-refractivity contribution in [3.05, 3.63) is 29.3 Å². The maximum Gasteiger partial charge on any atom is 0.270 e. The minimum atomic E-state index is -0.103. The number of hydrogen-bond acceptors (Lipinski definition) is 6. The van der Waals surface area contributed by atoms with Crippen LogP contribution in [0, 0.1) is 5.92 Å². The SMILES string of the molecule is Cl.Cl.O=C(NCCC1CCCNC1)c1csc(-c2ccc3c(c2)OCCO3)n1. The summed E-state index contributed by atoms with van der Waals surface area (Å²) >= 11 is 1.46. The summed E-state index contributed by atoms with van der Waals surface area (Å²) < 4.78 is 11.2. The Hall–Kier alpha value is -1.54. The van der Waals surface area contributed by atoms with Gasteiger partial charge in [-0.2, -0.15) is 0 Å². The van der Waals surface area contributed by atoms with Crippen LogP contribution in [0.2, 0.25) is 0 Å². The molecule has 2 aromatic rings. The first-order valence-corrected chi connectivity index (χ1v) is 10.0. The standard InChI is InChI=1S/C19H23N3O3S.2ClH/c23-18(21-7-5-13-2-1-6-20-11-13)15-12-26-19(22-15)14-3-4-16-17(10-14)25-9-8-24-16;;/h3-4,10,12-13,20H,1-2,5-9,11H2,(H,21,23);2*1H. The molecule has 1 saturated heterocycles. The number of thiazole rings is 1. The summed E-state index contributed by atoms with van der Waals surface area (Å²) in [6.07, 6.45) is 3.48. The van der Waals surface area contributed by atoms with E-state index < -0.39 is 0 Å². The number of nitrogens with one attached hydrogen (secondary N) is 2. The molecule has 0 bridgehead atoms. The second kappa shape index (κ2) is 10.9. The highest BCUT2D eigenvalue weighted by Gasteiger charge is 2.17. The number of fused-ring (bicyclic) bond motifs is 1. The molecule has 0 aliphatic carbocycles. The van der Waals surface area contributed by atoms with Gasteiger partial charge in [-0.25, -0.2) is 4.98 Å². The van der Waals surface area contributed by atoms with Crippen LogP contribution in [0.15, 0.2) is 23.6 Å². The van der Waals surface area contributed by atoms with Gasteiger partial charge in [0, 0.05) is 17.5 Å². The van der Waals surface area contributed by atoms with Crippen molar-refractivity contribution in [1.29, 1.82) is 0 Å². The van der Waals surface area contributed by atoms with E-state index in [2.05, 4.69) is 15.6 Å². The summed E-state index contributed by atoms with van der Waals surface area (Å²) in [5.74, 6) is 2.05. The first kappa shape index (κ1) is 22.7. The number of nitrogens with zero attached hydrogens (tertiary/aromatic N) is 1. The van der Waals surface area contributed by atoms with Gasteiger partial charge in [-0.3, -0.25) is 4.79 Å². The van der Waals surface area contributed by atoms with Gasteiger partial charge in [0.05, 0.1) is 0 Å². The Kier molecular flexibility index (Phi) is 8.82. The highest BCUT2D eigenvalue weighted by Crippen LogP contribution is 2.35. The van der Waals surface area contributed by atoms with Crippen LogP contribution in [0.4, 0.5) is 0 Å². The van der Waals surface area contributed by atoms with Gasteiger partial charge in [0.15, 0.2) is 11.5 Å². The first-order valence-electron chi connectivity index (χ1n) is 9.14. The molecule has 1 aromatic heterocycles. The number of hydrogen-bond donors (Lipinski definition) is 2. The summed E-state index contributed by atoms with van der Waals surface area (Å²) in [4.78, 5) is 16.8. The minimum absolute atomic E-state index is 0. The summed E-state index contributed by atoms with van der Waals surface area (Å²) in [6.45, 7) is 4.00. The second-order valence-electron chi connectivity index (χ2n) is 6.65. The molecule has 1 aromatic carbocycles. The van der Waals surface area contributed by atoms with Crippen LogP contribution >= 0.6 is 36.2 Å². The van der Waals surface area contributed by atoms with E-state index in [9.17, 15) is 4.79 Å². The Labute approximate surface area is 181 Å². The molecule has 1 unspecified atom stereocenters. The first-order chi connectivity index (χ1) is 12.8. The largest absolute Gasteiger partial charge is 0.486 e. The number of halogens is 2. The molecule has 154 valence electrons. The molecule has 0 radical (unpaired) electrons. The second-order valence-corrected chi connectivity index (χ2v) is 7.51. The quantitative estimate of drug-likeness (QED) is 0.735. The molecule has 4 rings (SSSR count). The number of amides is 1. The number of carbonyl (C=O) groups is 1. The molecular weight excluding hydrogens is 421 g/mol. The number of piperidine rings is 1. The molecule has 9 heteroatoms. The Morgan fingerprint density at radius 2 is 2.07 bits per heavy atom. The van der Waals surface area contributed by atoms with Gasteiger partial charge in [0.25, 0.3) is 5.91 Å². The van der Waals surface area contributed by atoms with E-state index in [1.54, 1.807) is 0 Å². The maximum absolute atomic E-state index is 12.3. The number of carbonyl (C=O) groups excluding carboxylic acids is 1. The predicted octanol–water partition coefficient (Wildman–Crippen LogP) is 3.54. The van der Waals surface area contributed by atoms with Crippen molar-refractivity contribution in [2.75, 3.05) is 32.8 Å². The fraction of sp³-hybridized carbons (Fsp3) is 0.474. The highest BCUT2D eigenvalue weighted by atomic mass is 35.5. The summed E-state index contributed by atoms with van der Waals surface area (Å²) in [5, 5.41) is 9.02. The van der Waals surface area contributed by atoms with E-state index >= 15 is 0 Å². The molecule has 0 saturated carbocycles. The van der Waals surface area contributed by atoms with E-state index in [0.29, 0.717) is 31.4 Å². The lowest BCUT2D eigenvalue weighted by molar-refractivity contribution is 0.0946. The Balaban J connectivity index is 0.00000140. The molecule has 28 heavy (non-hydrogen) atoms. The monoisotopic (exact) mass is 445 g/mol. The lowest BCUT2D eigenvalue weighted by Gasteiger charge is -2.22. The molecule has 2 aliphatic heterocycles. The van der Waals surface area contributed by atoms with Gasteiger partial charge in [-0.15, -0.1) is 36.2 Å². The van der Waals surface area contributed by atoms with Crippen LogP contribution in [0.3, 0.4) is 0 Å². The van der Waals surface area contributed by atoms with Gasteiger partial charge in [-0.05, 0) is 56.5 Å². The third-order valence-electron chi connectivity index (χ3n) is 4.76. The molecule has 0 spiro atoms.